The average molecular weight is 491 g/mol. The molecule has 0 spiro atoms. The fraction of sp³-hybridized carbons (Fsp3) is 0.250. The molecule has 0 bridgehead atoms. The lowest BCUT2D eigenvalue weighted by Gasteiger charge is -2.14. The first-order valence-electron chi connectivity index (χ1n) is 11.2. The molecule has 2 aromatic carbocycles. The molecule has 35 heavy (non-hydrogen) atoms. The summed E-state index contributed by atoms with van der Waals surface area (Å²) in [5.74, 6) is 0.509. The van der Waals surface area contributed by atoms with Crippen LogP contribution in [0.4, 0.5) is 5.69 Å². The second-order valence-electron chi connectivity index (χ2n) is 8.52. The number of rotatable bonds is 4. The number of fused-ring (bicyclic) bond motifs is 4. The lowest BCUT2D eigenvalue weighted by molar-refractivity contribution is -0.384. The third-order valence-corrected chi connectivity index (χ3v) is 6.67. The first-order chi connectivity index (χ1) is 16.9. The monoisotopic (exact) mass is 490 g/mol. The van der Waals surface area contributed by atoms with E-state index in [1.54, 1.807) is 22.1 Å². The minimum absolute atomic E-state index is 0.0131. The van der Waals surface area contributed by atoms with Crippen molar-refractivity contribution in [1.29, 1.82) is 0 Å². The number of benzene rings is 2. The molecule has 6 rings (SSSR count). The maximum Gasteiger partial charge on any atom is 0.289 e. The van der Waals surface area contributed by atoms with E-state index in [9.17, 15) is 14.9 Å². The summed E-state index contributed by atoms with van der Waals surface area (Å²) in [6, 6.07) is 11.8. The van der Waals surface area contributed by atoms with Crippen LogP contribution in [0.5, 0.6) is 0 Å². The molecular formula is C24H19ClN6O4. The molecule has 0 amide bonds. The van der Waals surface area contributed by atoms with Crippen molar-refractivity contribution >= 4 is 50.5 Å². The zero-order valence-corrected chi connectivity index (χ0v) is 19.4. The van der Waals surface area contributed by atoms with E-state index in [1.165, 1.54) is 12.1 Å². The minimum Gasteiger partial charge on any atom is -0.376 e. The fourth-order valence-corrected chi connectivity index (χ4v) is 4.85. The second-order valence-corrected chi connectivity index (χ2v) is 8.93. The highest BCUT2D eigenvalue weighted by molar-refractivity contribution is 6.32. The van der Waals surface area contributed by atoms with E-state index in [1.807, 2.05) is 24.3 Å². The molecule has 1 fully saturated rings. The van der Waals surface area contributed by atoms with Crippen molar-refractivity contribution in [3.05, 3.63) is 73.8 Å². The molecule has 4 heterocycles. The normalized spacial score (nSPS) is 16.0. The van der Waals surface area contributed by atoms with E-state index in [4.69, 9.17) is 31.3 Å². The quantitative estimate of drug-likeness (QED) is 0.271. The van der Waals surface area contributed by atoms with Crippen LogP contribution in [0, 0.1) is 17.0 Å². The molecule has 1 aliphatic heterocycles. The van der Waals surface area contributed by atoms with Crippen LogP contribution in [0.2, 0.25) is 5.02 Å². The number of aromatic nitrogens is 5. The van der Waals surface area contributed by atoms with Crippen molar-refractivity contribution in [1.82, 2.24) is 24.1 Å². The first-order valence-corrected chi connectivity index (χ1v) is 11.5. The van der Waals surface area contributed by atoms with Gasteiger partial charge in [-0.2, -0.15) is 0 Å². The maximum absolute atomic E-state index is 13.8. The molecule has 1 saturated heterocycles. The zero-order chi connectivity index (χ0) is 24.3. The maximum atomic E-state index is 13.8. The Balaban J connectivity index is 1.72. The summed E-state index contributed by atoms with van der Waals surface area (Å²) >= 11 is 6.06. The van der Waals surface area contributed by atoms with Gasteiger partial charge in [0.15, 0.2) is 11.3 Å². The number of nitro benzene ring substituents is 1. The molecule has 0 N–H and O–H groups in total. The Labute approximate surface area is 202 Å². The molecule has 1 atom stereocenters. The van der Waals surface area contributed by atoms with E-state index >= 15 is 0 Å². The van der Waals surface area contributed by atoms with Gasteiger partial charge in [-0.25, -0.2) is 15.0 Å². The van der Waals surface area contributed by atoms with Gasteiger partial charge in [-0.15, -0.1) is 0 Å². The highest BCUT2D eigenvalue weighted by atomic mass is 35.5. The van der Waals surface area contributed by atoms with Gasteiger partial charge in [0, 0.05) is 12.7 Å². The van der Waals surface area contributed by atoms with Crippen molar-refractivity contribution < 1.29 is 9.66 Å². The lowest BCUT2D eigenvalue weighted by Crippen LogP contribution is -2.29. The molecule has 0 saturated carbocycles. The lowest BCUT2D eigenvalue weighted by atomic mass is 10.2. The van der Waals surface area contributed by atoms with Gasteiger partial charge >= 0.3 is 0 Å². The van der Waals surface area contributed by atoms with Gasteiger partial charge in [-0.1, -0.05) is 23.7 Å². The van der Waals surface area contributed by atoms with Gasteiger partial charge in [0.1, 0.15) is 21.7 Å². The largest absolute Gasteiger partial charge is 0.376 e. The van der Waals surface area contributed by atoms with E-state index in [0.29, 0.717) is 57.9 Å². The Bertz CT molecular complexity index is 1720. The zero-order valence-electron chi connectivity index (χ0n) is 18.6. The standard InChI is InChI=1S/C24H19ClN6O4/c1-13-26-22-20(24(32)29(13)12-15-5-4-10-35-15)21-23(28-18-7-3-2-6-17(18)27-21)30(22)14-8-9-16(25)19(11-14)31(33)34/h2-3,6-9,11,15H,4-5,10,12H2,1H3/t15-/m0/s1. The van der Waals surface area contributed by atoms with Crippen LogP contribution in [0.25, 0.3) is 38.9 Å². The van der Waals surface area contributed by atoms with Gasteiger partial charge in [0.25, 0.3) is 11.2 Å². The number of nitrogens with zero attached hydrogens (tertiary/aromatic N) is 6. The summed E-state index contributed by atoms with van der Waals surface area (Å²) in [4.78, 5) is 39.1. The number of nitro groups is 1. The van der Waals surface area contributed by atoms with Crippen LogP contribution in [0.3, 0.4) is 0 Å². The van der Waals surface area contributed by atoms with Crippen LogP contribution >= 0.6 is 11.6 Å². The van der Waals surface area contributed by atoms with Gasteiger partial charge in [-0.3, -0.25) is 24.0 Å². The Kier molecular flexibility index (Phi) is 5.01. The van der Waals surface area contributed by atoms with Crippen molar-refractivity contribution in [3.63, 3.8) is 0 Å². The van der Waals surface area contributed by atoms with Crippen LogP contribution < -0.4 is 5.56 Å². The molecule has 176 valence electrons. The van der Waals surface area contributed by atoms with E-state index in [2.05, 4.69) is 0 Å². The highest BCUT2D eigenvalue weighted by Gasteiger charge is 2.25. The molecule has 0 radical (unpaired) electrons. The summed E-state index contributed by atoms with van der Waals surface area (Å²) in [5.41, 5.74) is 2.27. The Morgan fingerprint density at radius 2 is 1.91 bits per heavy atom. The predicted molar refractivity (Wildman–Crippen MR) is 131 cm³/mol. The Morgan fingerprint density at radius 3 is 2.63 bits per heavy atom. The van der Waals surface area contributed by atoms with Gasteiger partial charge in [0.2, 0.25) is 0 Å². The third-order valence-electron chi connectivity index (χ3n) is 6.35. The highest BCUT2D eigenvalue weighted by Crippen LogP contribution is 2.32. The smallest absolute Gasteiger partial charge is 0.289 e. The molecule has 0 unspecified atom stereocenters. The Morgan fingerprint density at radius 1 is 1.14 bits per heavy atom. The summed E-state index contributed by atoms with van der Waals surface area (Å²) in [6.07, 6.45) is 1.79. The molecule has 11 heteroatoms. The summed E-state index contributed by atoms with van der Waals surface area (Å²) in [5, 5.41) is 11.9. The van der Waals surface area contributed by atoms with E-state index < -0.39 is 4.92 Å². The molecule has 3 aromatic heterocycles. The SMILES string of the molecule is Cc1nc2c(c(=O)n1C[C@@H]1CCCO1)c1nc3ccccc3nc1n2-c1ccc(Cl)c([N+](=O)[O-])c1. The molecule has 1 aliphatic rings. The number of para-hydroxylation sites is 2. The number of hydrogen-bond acceptors (Lipinski definition) is 7. The number of ether oxygens (including phenoxy) is 1. The van der Waals surface area contributed by atoms with Crippen LogP contribution in [0.15, 0.2) is 47.3 Å². The predicted octanol–water partition coefficient (Wildman–Crippen LogP) is 4.33. The van der Waals surface area contributed by atoms with Crippen molar-refractivity contribution in [3.8, 4) is 5.69 Å². The fourth-order valence-electron chi connectivity index (χ4n) is 4.66. The van der Waals surface area contributed by atoms with Gasteiger partial charge < -0.3 is 4.74 Å². The minimum atomic E-state index is -0.548. The Hall–Kier alpha value is -3.89. The van der Waals surface area contributed by atoms with Crippen molar-refractivity contribution in [2.24, 2.45) is 0 Å². The molecule has 0 aliphatic carbocycles. The molecule has 5 aromatic rings. The average Bonchev–Trinajstić information content (AvgIpc) is 3.46. The van der Waals surface area contributed by atoms with E-state index in [0.717, 1.165) is 12.8 Å². The summed E-state index contributed by atoms with van der Waals surface area (Å²) < 4.78 is 9.00. The topological polar surface area (TPSA) is 118 Å². The first kappa shape index (κ1) is 21.6. The molecule has 10 nitrogen and oxygen atoms in total. The van der Waals surface area contributed by atoms with Crippen LogP contribution in [-0.2, 0) is 11.3 Å². The van der Waals surface area contributed by atoms with Gasteiger partial charge in [0.05, 0.1) is 34.3 Å². The summed E-state index contributed by atoms with van der Waals surface area (Å²) in [6.45, 7) is 2.84. The number of aryl methyl sites for hydroxylation is 1. The van der Waals surface area contributed by atoms with Crippen LogP contribution in [0.1, 0.15) is 18.7 Å². The van der Waals surface area contributed by atoms with Crippen molar-refractivity contribution in [2.45, 2.75) is 32.4 Å². The molecular weight excluding hydrogens is 472 g/mol. The van der Waals surface area contributed by atoms with Crippen LogP contribution in [-0.4, -0.2) is 41.7 Å². The summed E-state index contributed by atoms with van der Waals surface area (Å²) in [7, 11) is 0. The van der Waals surface area contributed by atoms with Gasteiger partial charge in [-0.05, 0) is 44.0 Å². The number of hydrogen-bond donors (Lipinski definition) is 0. The number of halogens is 1. The van der Waals surface area contributed by atoms with E-state index in [-0.39, 0.29) is 22.4 Å². The second kappa shape index (κ2) is 8.10. The third kappa shape index (κ3) is 3.44. The van der Waals surface area contributed by atoms with Crippen molar-refractivity contribution in [2.75, 3.05) is 6.61 Å².